The van der Waals surface area contributed by atoms with Crippen molar-refractivity contribution < 1.29 is 4.79 Å². The van der Waals surface area contributed by atoms with E-state index >= 15 is 0 Å². The molecule has 0 aliphatic heterocycles. The molecule has 54 valence electrons. The maximum absolute atomic E-state index is 10.8. The SMILES string of the molecule is CC(=O)C1=CC(Br)CC=C1. The highest BCUT2D eigenvalue weighted by Crippen LogP contribution is 2.17. The summed E-state index contributed by atoms with van der Waals surface area (Å²) in [7, 11) is 0. The lowest BCUT2D eigenvalue weighted by molar-refractivity contribution is -0.113. The first-order valence-electron chi connectivity index (χ1n) is 3.23. The van der Waals surface area contributed by atoms with Gasteiger partial charge in [0.05, 0.1) is 0 Å². The number of ketones is 1. The third-order valence-corrected chi connectivity index (χ3v) is 2.06. The van der Waals surface area contributed by atoms with E-state index < -0.39 is 0 Å². The smallest absolute Gasteiger partial charge is 0.159 e. The first-order chi connectivity index (χ1) is 4.70. The van der Waals surface area contributed by atoms with Crippen LogP contribution in [-0.2, 0) is 4.79 Å². The van der Waals surface area contributed by atoms with Gasteiger partial charge in [-0.1, -0.05) is 34.2 Å². The Balaban J connectivity index is 2.76. The van der Waals surface area contributed by atoms with Gasteiger partial charge in [-0.15, -0.1) is 0 Å². The standard InChI is InChI=1S/C8H9BrO/c1-6(10)7-3-2-4-8(9)5-7/h2-3,5,8H,4H2,1H3. The summed E-state index contributed by atoms with van der Waals surface area (Å²) >= 11 is 3.42. The first kappa shape index (κ1) is 7.73. The molecule has 2 heteroatoms. The van der Waals surface area contributed by atoms with Gasteiger partial charge in [0.2, 0.25) is 0 Å². The lowest BCUT2D eigenvalue weighted by atomic mass is 10.0. The number of hydrogen-bond acceptors (Lipinski definition) is 1. The molecule has 0 fully saturated rings. The van der Waals surface area contributed by atoms with Crippen LogP contribution >= 0.6 is 15.9 Å². The van der Waals surface area contributed by atoms with Crippen molar-refractivity contribution in [2.75, 3.05) is 0 Å². The summed E-state index contributed by atoms with van der Waals surface area (Å²) in [6, 6.07) is 0. The molecule has 0 bridgehead atoms. The molecule has 1 unspecified atom stereocenters. The van der Waals surface area contributed by atoms with Crippen molar-refractivity contribution in [1.82, 2.24) is 0 Å². The average molecular weight is 201 g/mol. The molecule has 0 spiro atoms. The van der Waals surface area contributed by atoms with Crippen molar-refractivity contribution in [1.29, 1.82) is 0 Å². The minimum absolute atomic E-state index is 0.139. The van der Waals surface area contributed by atoms with Crippen LogP contribution in [0.5, 0.6) is 0 Å². The molecule has 0 saturated heterocycles. The summed E-state index contributed by atoms with van der Waals surface area (Å²) in [6.07, 6.45) is 6.81. The van der Waals surface area contributed by atoms with Gasteiger partial charge in [-0.25, -0.2) is 0 Å². The van der Waals surface area contributed by atoms with Crippen molar-refractivity contribution in [3.8, 4) is 0 Å². The van der Waals surface area contributed by atoms with Gasteiger partial charge in [-0.05, 0) is 13.3 Å². The highest BCUT2D eigenvalue weighted by Gasteiger charge is 2.07. The number of halogens is 1. The molecule has 0 radical (unpaired) electrons. The number of allylic oxidation sites excluding steroid dienone is 4. The second-order valence-electron chi connectivity index (χ2n) is 2.33. The van der Waals surface area contributed by atoms with Crippen LogP contribution in [0.4, 0.5) is 0 Å². The van der Waals surface area contributed by atoms with Gasteiger partial charge in [-0.3, -0.25) is 4.79 Å². The highest BCUT2D eigenvalue weighted by molar-refractivity contribution is 9.09. The van der Waals surface area contributed by atoms with Crippen molar-refractivity contribution >= 4 is 21.7 Å². The minimum Gasteiger partial charge on any atom is -0.295 e. The van der Waals surface area contributed by atoms with Crippen molar-refractivity contribution in [2.24, 2.45) is 0 Å². The predicted octanol–water partition coefficient (Wildman–Crippen LogP) is 2.23. The topological polar surface area (TPSA) is 17.1 Å². The van der Waals surface area contributed by atoms with Crippen LogP contribution in [0.25, 0.3) is 0 Å². The summed E-state index contributed by atoms with van der Waals surface area (Å²) in [5.74, 6) is 0.139. The number of alkyl halides is 1. The molecule has 0 N–H and O–H groups in total. The van der Waals surface area contributed by atoms with Crippen molar-refractivity contribution in [3.63, 3.8) is 0 Å². The Hall–Kier alpha value is -0.370. The second kappa shape index (κ2) is 3.15. The fourth-order valence-corrected chi connectivity index (χ4v) is 1.38. The van der Waals surface area contributed by atoms with E-state index in [0.717, 1.165) is 12.0 Å². The lowest BCUT2D eigenvalue weighted by Gasteiger charge is -2.07. The van der Waals surface area contributed by atoms with Gasteiger partial charge in [-0.2, -0.15) is 0 Å². The van der Waals surface area contributed by atoms with Gasteiger partial charge in [0.25, 0.3) is 0 Å². The number of carbonyl (C=O) groups excluding carboxylic acids is 1. The van der Waals surface area contributed by atoms with Crippen LogP contribution in [0.3, 0.4) is 0 Å². The van der Waals surface area contributed by atoms with E-state index in [4.69, 9.17) is 0 Å². The summed E-state index contributed by atoms with van der Waals surface area (Å²) in [5, 5.41) is 0. The number of Topliss-reactive ketones (excluding diaryl/α,β-unsaturated/α-hetero) is 1. The Morgan fingerprint density at radius 2 is 2.50 bits per heavy atom. The normalized spacial score (nSPS) is 24.2. The zero-order chi connectivity index (χ0) is 7.56. The van der Waals surface area contributed by atoms with Crippen LogP contribution in [-0.4, -0.2) is 10.6 Å². The molecule has 1 atom stereocenters. The summed E-state index contributed by atoms with van der Waals surface area (Å²) < 4.78 is 0. The maximum atomic E-state index is 10.8. The zero-order valence-electron chi connectivity index (χ0n) is 5.80. The molecule has 0 heterocycles. The molecule has 1 nitrogen and oxygen atoms in total. The van der Waals surface area contributed by atoms with E-state index in [1.165, 1.54) is 0 Å². The molecule has 1 aliphatic carbocycles. The number of rotatable bonds is 1. The third-order valence-electron chi connectivity index (χ3n) is 1.43. The Morgan fingerprint density at radius 3 is 2.90 bits per heavy atom. The zero-order valence-corrected chi connectivity index (χ0v) is 7.39. The number of carbonyl (C=O) groups is 1. The monoisotopic (exact) mass is 200 g/mol. The quantitative estimate of drug-likeness (QED) is 0.594. The van der Waals surface area contributed by atoms with Crippen molar-refractivity contribution in [2.45, 2.75) is 18.2 Å². The van der Waals surface area contributed by atoms with E-state index in [0.29, 0.717) is 4.83 Å². The minimum atomic E-state index is 0.139. The predicted molar refractivity (Wildman–Crippen MR) is 45.2 cm³/mol. The van der Waals surface area contributed by atoms with E-state index in [9.17, 15) is 4.79 Å². The van der Waals surface area contributed by atoms with E-state index in [1.54, 1.807) is 6.92 Å². The molecule has 0 aromatic rings. The van der Waals surface area contributed by atoms with E-state index in [2.05, 4.69) is 15.9 Å². The maximum Gasteiger partial charge on any atom is 0.159 e. The molecule has 0 aromatic heterocycles. The molecule has 0 aromatic carbocycles. The molecule has 1 aliphatic rings. The molecule has 0 saturated carbocycles. The van der Waals surface area contributed by atoms with Gasteiger partial charge >= 0.3 is 0 Å². The Labute approximate surface area is 68.9 Å². The highest BCUT2D eigenvalue weighted by atomic mass is 79.9. The Morgan fingerprint density at radius 1 is 1.80 bits per heavy atom. The van der Waals surface area contributed by atoms with E-state index in [-0.39, 0.29) is 5.78 Å². The lowest BCUT2D eigenvalue weighted by Crippen LogP contribution is -2.02. The molecule has 1 rings (SSSR count). The van der Waals surface area contributed by atoms with Gasteiger partial charge in [0.15, 0.2) is 5.78 Å². The van der Waals surface area contributed by atoms with Crippen LogP contribution in [0.15, 0.2) is 23.8 Å². The molecular formula is C8H9BrO. The Kier molecular flexibility index (Phi) is 2.44. The van der Waals surface area contributed by atoms with Crippen LogP contribution < -0.4 is 0 Å². The number of hydrogen-bond donors (Lipinski definition) is 0. The first-order valence-corrected chi connectivity index (χ1v) is 4.15. The molecule has 0 amide bonds. The second-order valence-corrected chi connectivity index (χ2v) is 3.51. The fourth-order valence-electron chi connectivity index (χ4n) is 0.878. The summed E-state index contributed by atoms with van der Waals surface area (Å²) in [4.78, 5) is 11.1. The molecule has 10 heavy (non-hydrogen) atoms. The molecular weight excluding hydrogens is 192 g/mol. The van der Waals surface area contributed by atoms with Gasteiger partial charge in [0.1, 0.15) is 0 Å². The van der Waals surface area contributed by atoms with Crippen LogP contribution in [0.1, 0.15) is 13.3 Å². The fraction of sp³-hybridized carbons (Fsp3) is 0.375. The van der Waals surface area contributed by atoms with Crippen LogP contribution in [0, 0.1) is 0 Å². The summed E-state index contributed by atoms with van der Waals surface area (Å²) in [6.45, 7) is 1.58. The van der Waals surface area contributed by atoms with Gasteiger partial charge < -0.3 is 0 Å². The average Bonchev–Trinajstić information content (AvgIpc) is 1.88. The van der Waals surface area contributed by atoms with Crippen LogP contribution in [0.2, 0.25) is 0 Å². The van der Waals surface area contributed by atoms with E-state index in [1.807, 2.05) is 18.2 Å². The Bertz CT molecular complexity index is 203. The van der Waals surface area contributed by atoms with Crippen molar-refractivity contribution in [3.05, 3.63) is 23.8 Å². The summed E-state index contributed by atoms with van der Waals surface area (Å²) in [5.41, 5.74) is 0.813. The third kappa shape index (κ3) is 1.81. The van der Waals surface area contributed by atoms with Gasteiger partial charge in [0, 0.05) is 10.4 Å². The largest absolute Gasteiger partial charge is 0.295 e.